The average molecular weight is 566 g/mol. The predicted molar refractivity (Wildman–Crippen MR) is 161 cm³/mol. The number of ether oxygens (including phenoxy) is 1. The van der Waals surface area contributed by atoms with Gasteiger partial charge >= 0.3 is 0 Å². The van der Waals surface area contributed by atoms with Gasteiger partial charge < -0.3 is 30.2 Å². The van der Waals surface area contributed by atoms with Crippen LogP contribution in [0, 0.1) is 0 Å². The molecule has 0 bridgehead atoms. The first-order valence-corrected chi connectivity index (χ1v) is 15.1. The van der Waals surface area contributed by atoms with E-state index in [1.165, 1.54) is 0 Å². The maximum atomic E-state index is 13.1. The molecule has 0 amide bonds. The third-order valence-corrected chi connectivity index (χ3v) is 10.0. The molecule has 0 aliphatic carbocycles. The van der Waals surface area contributed by atoms with Gasteiger partial charge in [-0.1, -0.05) is 12.1 Å². The summed E-state index contributed by atoms with van der Waals surface area (Å²) in [6.07, 6.45) is 3.99. The van der Waals surface area contributed by atoms with Gasteiger partial charge in [0.15, 0.2) is 9.84 Å². The summed E-state index contributed by atoms with van der Waals surface area (Å²) in [7, 11) is 2.36. The molecule has 2 aliphatic rings. The van der Waals surface area contributed by atoms with Gasteiger partial charge in [0, 0.05) is 37.1 Å². The minimum absolute atomic E-state index is 0.214. The Morgan fingerprint density at radius 2 is 1.88 bits per heavy atom. The molecular formula is C29H39N7O3S. The number of aromatic nitrogens is 1. The second-order valence-electron chi connectivity index (χ2n) is 10.9. The number of para-hydroxylation sites is 1. The highest BCUT2D eigenvalue weighted by molar-refractivity contribution is 7.92. The van der Waals surface area contributed by atoms with Gasteiger partial charge in [-0.05, 0) is 71.1 Å². The number of methoxy groups -OCH3 is 1. The number of amidine groups is 1. The molecule has 2 aromatic carbocycles. The fourth-order valence-corrected chi connectivity index (χ4v) is 6.58. The number of aromatic amines is 1. The van der Waals surface area contributed by atoms with E-state index in [0.29, 0.717) is 34.7 Å². The predicted octanol–water partition coefficient (Wildman–Crippen LogP) is 3.79. The number of rotatable bonds is 7. The SMILES string of the molecule is COc1cc(N2CCC(N(C)C)CC2)ccc1C1(N)N=C(Nc2ccccc2S(=O)(=O)C(C)C)c2cc[nH]c2N1. The van der Waals surface area contributed by atoms with Gasteiger partial charge in [0.1, 0.15) is 17.4 Å². The summed E-state index contributed by atoms with van der Waals surface area (Å²) in [4.78, 5) is 13.0. The number of nitrogens with zero attached hydrogens (tertiary/aromatic N) is 3. The van der Waals surface area contributed by atoms with Gasteiger partial charge in [0.2, 0.25) is 5.79 Å². The van der Waals surface area contributed by atoms with Gasteiger partial charge in [-0.2, -0.15) is 0 Å². The van der Waals surface area contributed by atoms with E-state index in [0.717, 1.165) is 37.2 Å². The number of nitrogens with one attached hydrogen (secondary N) is 3. The van der Waals surface area contributed by atoms with Crippen molar-refractivity contribution in [2.45, 2.75) is 48.7 Å². The summed E-state index contributed by atoms with van der Waals surface area (Å²) in [6.45, 7) is 5.27. The first-order chi connectivity index (χ1) is 19.0. The Balaban J connectivity index is 1.50. The maximum Gasteiger partial charge on any atom is 0.216 e. The molecule has 1 unspecified atom stereocenters. The third kappa shape index (κ3) is 5.16. The topological polar surface area (TPSA) is 128 Å². The molecule has 3 heterocycles. The summed E-state index contributed by atoms with van der Waals surface area (Å²) in [5.74, 6) is 0.346. The lowest BCUT2D eigenvalue weighted by atomic mass is 10.0. The lowest BCUT2D eigenvalue weighted by Crippen LogP contribution is -2.47. The van der Waals surface area contributed by atoms with Crippen molar-refractivity contribution in [1.29, 1.82) is 0 Å². The van der Waals surface area contributed by atoms with Crippen LogP contribution in [0.1, 0.15) is 37.8 Å². The summed E-state index contributed by atoms with van der Waals surface area (Å²) in [6, 6.07) is 15.3. The van der Waals surface area contributed by atoms with E-state index in [1.807, 2.05) is 18.2 Å². The highest BCUT2D eigenvalue weighted by Gasteiger charge is 2.37. The maximum absolute atomic E-state index is 13.1. The Labute approximate surface area is 236 Å². The second-order valence-corrected chi connectivity index (χ2v) is 13.4. The molecule has 11 heteroatoms. The fraction of sp³-hybridized carbons (Fsp3) is 0.414. The number of nitrogens with two attached hydrogens (primary N) is 1. The highest BCUT2D eigenvalue weighted by atomic mass is 32.2. The van der Waals surface area contributed by atoms with Crippen LogP contribution in [-0.4, -0.2) is 69.7 Å². The molecule has 0 radical (unpaired) electrons. The Hall–Kier alpha value is -3.54. The Kier molecular flexibility index (Phi) is 7.56. The molecule has 0 spiro atoms. The first kappa shape index (κ1) is 28.0. The molecule has 1 fully saturated rings. The van der Waals surface area contributed by atoms with E-state index >= 15 is 0 Å². The van der Waals surface area contributed by atoms with Crippen molar-refractivity contribution >= 4 is 32.9 Å². The molecule has 3 aromatic rings. The van der Waals surface area contributed by atoms with Crippen LogP contribution in [0.25, 0.3) is 0 Å². The molecule has 40 heavy (non-hydrogen) atoms. The quantitative estimate of drug-likeness (QED) is 0.341. The number of hydrogen-bond donors (Lipinski definition) is 4. The van der Waals surface area contributed by atoms with E-state index in [4.69, 9.17) is 15.5 Å². The molecule has 1 atom stereocenters. The van der Waals surface area contributed by atoms with Crippen LogP contribution in [0.4, 0.5) is 17.2 Å². The number of fused-ring (bicyclic) bond motifs is 1. The highest BCUT2D eigenvalue weighted by Crippen LogP contribution is 2.38. The smallest absolute Gasteiger partial charge is 0.216 e. The third-order valence-electron chi connectivity index (χ3n) is 7.83. The van der Waals surface area contributed by atoms with Crippen molar-refractivity contribution in [3.8, 4) is 5.75 Å². The van der Waals surface area contributed by atoms with E-state index in [9.17, 15) is 8.42 Å². The standard InChI is InChI=1S/C29H39N7O3S/c1-19(2)40(37,38)26-9-7-6-8-24(26)32-28-22-12-15-31-27(22)33-29(30,34-28)23-11-10-21(18-25(23)39-5)36-16-13-20(14-17-36)35(3)4/h6-12,15,18-20,31,33H,13-14,16-17,30H2,1-5H3,(H,32,34). The van der Waals surface area contributed by atoms with Crippen LogP contribution in [0.3, 0.4) is 0 Å². The zero-order chi connectivity index (χ0) is 28.7. The molecule has 2 aliphatic heterocycles. The van der Waals surface area contributed by atoms with Gasteiger partial charge in [0.25, 0.3) is 0 Å². The lowest BCUT2D eigenvalue weighted by molar-refractivity contribution is 0.249. The Morgan fingerprint density at radius 3 is 2.55 bits per heavy atom. The summed E-state index contributed by atoms with van der Waals surface area (Å²) in [5, 5.41) is 6.02. The van der Waals surface area contributed by atoms with Crippen LogP contribution >= 0.6 is 0 Å². The number of benzene rings is 2. The van der Waals surface area contributed by atoms with Crippen molar-refractivity contribution in [2.75, 3.05) is 49.8 Å². The normalized spacial score (nSPS) is 19.8. The van der Waals surface area contributed by atoms with E-state index in [-0.39, 0.29) is 4.90 Å². The first-order valence-electron chi connectivity index (χ1n) is 13.6. The number of aliphatic imine (C=N–C) groups is 1. The average Bonchev–Trinajstić information content (AvgIpc) is 3.41. The molecule has 1 aromatic heterocycles. The largest absolute Gasteiger partial charge is 0.496 e. The zero-order valence-electron chi connectivity index (χ0n) is 23.7. The van der Waals surface area contributed by atoms with Crippen molar-refractivity contribution in [3.63, 3.8) is 0 Å². The number of sulfone groups is 1. The van der Waals surface area contributed by atoms with E-state index in [1.54, 1.807) is 51.4 Å². The summed E-state index contributed by atoms with van der Waals surface area (Å²) >= 11 is 0. The molecule has 214 valence electrons. The molecule has 5 N–H and O–H groups in total. The van der Waals surface area contributed by atoms with Crippen LogP contribution in [0.5, 0.6) is 5.75 Å². The number of H-pyrrole nitrogens is 1. The van der Waals surface area contributed by atoms with Gasteiger partial charge in [-0.25, -0.2) is 13.4 Å². The summed E-state index contributed by atoms with van der Waals surface area (Å²) < 4.78 is 32.0. The minimum atomic E-state index is -3.54. The zero-order valence-corrected chi connectivity index (χ0v) is 24.5. The van der Waals surface area contributed by atoms with Crippen molar-refractivity contribution < 1.29 is 13.2 Å². The Morgan fingerprint density at radius 1 is 1.15 bits per heavy atom. The van der Waals surface area contributed by atoms with Crippen molar-refractivity contribution in [2.24, 2.45) is 10.7 Å². The van der Waals surface area contributed by atoms with E-state index in [2.05, 4.69) is 45.6 Å². The van der Waals surface area contributed by atoms with E-state index < -0.39 is 20.9 Å². The van der Waals surface area contributed by atoms with Crippen LogP contribution in [-0.2, 0) is 15.6 Å². The summed E-state index contributed by atoms with van der Waals surface area (Å²) in [5.41, 5.74) is 9.87. The molecule has 1 saturated heterocycles. The Bertz CT molecular complexity index is 1510. The van der Waals surface area contributed by atoms with Crippen LogP contribution < -0.4 is 26.0 Å². The molecule has 10 nitrogen and oxygen atoms in total. The molecule has 5 rings (SSSR count). The van der Waals surface area contributed by atoms with Gasteiger partial charge in [-0.3, -0.25) is 5.73 Å². The van der Waals surface area contributed by atoms with Gasteiger partial charge in [0.05, 0.1) is 34.1 Å². The van der Waals surface area contributed by atoms with Crippen molar-refractivity contribution in [3.05, 3.63) is 65.9 Å². The second kappa shape index (κ2) is 10.8. The molecular weight excluding hydrogens is 526 g/mol. The fourth-order valence-electron chi connectivity index (χ4n) is 5.38. The lowest BCUT2D eigenvalue weighted by Gasteiger charge is -2.37. The number of anilines is 3. The number of piperidine rings is 1. The van der Waals surface area contributed by atoms with Gasteiger partial charge in [-0.15, -0.1) is 0 Å². The van der Waals surface area contributed by atoms with Crippen LogP contribution in [0.2, 0.25) is 0 Å². The molecule has 0 saturated carbocycles. The number of hydrogen-bond acceptors (Lipinski definition) is 9. The monoisotopic (exact) mass is 565 g/mol. The van der Waals surface area contributed by atoms with Crippen molar-refractivity contribution in [1.82, 2.24) is 9.88 Å². The minimum Gasteiger partial charge on any atom is -0.496 e. The van der Waals surface area contributed by atoms with Crippen LogP contribution in [0.15, 0.2) is 64.6 Å².